The Morgan fingerprint density at radius 2 is 1.63 bits per heavy atom. The van der Waals surface area contributed by atoms with Crippen LogP contribution in [0.25, 0.3) is 10.8 Å². The van der Waals surface area contributed by atoms with Crippen LogP contribution in [-0.2, 0) is 0 Å². The van der Waals surface area contributed by atoms with Crippen molar-refractivity contribution in [2.24, 2.45) is 0 Å². The van der Waals surface area contributed by atoms with Gasteiger partial charge in [0.2, 0.25) is 6.71 Å². The zero-order valence-corrected chi connectivity index (χ0v) is 13.3. The van der Waals surface area contributed by atoms with E-state index < -0.39 is 114 Å². The molecule has 27 heavy (non-hydrogen) atoms. The Labute approximate surface area is 176 Å². The molecule has 0 spiro atoms. The van der Waals surface area contributed by atoms with E-state index in [9.17, 15) is 4.79 Å². The monoisotopic (exact) mass is 361 g/mol. The Morgan fingerprint density at radius 3 is 2.52 bits per heavy atom. The summed E-state index contributed by atoms with van der Waals surface area (Å²) in [5.41, 5.74) is -1.91. The summed E-state index contributed by atoms with van der Waals surface area (Å²) in [4.78, 5) is 14.2. The number of carbonyl (C=O) groups is 1. The number of rotatable bonds is 1. The third-order valence-corrected chi connectivity index (χ3v) is 4.55. The summed E-state index contributed by atoms with van der Waals surface area (Å²) in [6.45, 7) is -1.68. The predicted octanol–water partition coefficient (Wildman–Crippen LogP) is 3.32. The molecule has 2 heterocycles. The summed E-state index contributed by atoms with van der Waals surface area (Å²) in [6.07, 6.45) is -1.26. The van der Waals surface area contributed by atoms with Crippen molar-refractivity contribution in [3.63, 3.8) is 0 Å². The number of fused-ring (bicyclic) bond motifs is 2. The number of hydrogen-bond acceptors (Lipinski definition) is 2. The fraction of sp³-hybridized carbons (Fsp3) is 0. The zero-order valence-electron chi connectivity index (χ0n) is 27.3. The molecule has 0 atom stereocenters. The minimum absolute atomic E-state index is 0.220. The second kappa shape index (κ2) is 5.24. The first-order valence-corrected chi connectivity index (χ1v) is 7.90. The van der Waals surface area contributed by atoms with Gasteiger partial charge in [0.15, 0.2) is 0 Å². The van der Waals surface area contributed by atoms with E-state index in [1.54, 1.807) is 0 Å². The topological polar surface area (TPSA) is 29.5 Å². The molecule has 0 saturated carbocycles. The summed E-state index contributed by atoms with van der Waals surface area (Å²) < 4.78 is 124. The fourth-order valence-electron chi connectivity index (χ4n) is 3.52. The van der Waals surface area contributed by atoms with Gasteiger partial charge in [-0.1, -0.05) is 78.0 Å². The second-order valence-corrected chi connectivity index (χ2v) is 5.90. The van der Waals surface area contributed by atoms with Crippen molar-refractivity contribution < 1.29 is 28.7 Å². The number of hydrogen-bond donors (Lipinski definition) is 0. The summed E-state index contributed by atoms with van der Waals surface area (Å²) in [6, 6.07) is -9.90. The van der Waals surface area contributed by atoms with Crippen LogP contribution in [0.2, 0.25) is 0 Å². The van der Waals surface area contributed by atoms with E-state index in [2.05, 4.69) is 0 Å². The number of benzene rings is 4. The Bertz CT molecular complexity index is 1930. The van der Waals surface area contributed by atoms with Gasteiger partial charge >= 0.3 is 6.09 Å². The fourth-order valence-corrected chi connectivity index (χ4v) is 3.52. The first kappa shape index (κ1) is 6.57. The van der Waals surface area contributed by atoms with Crippen molar-refractivity contribution in [2.75, 3.05) is 4.90 Å². The lowest BCUT2D eigenvalue weighted by atomic mass is 9.35. The lowest BCUT2D eigenvalue weighted by molar-refractivity contribution is 0.210. The number of ether oxygens (including phenoxy) is 1. The molecule has 0 saturated heterocycles. The Hall–Kier alpha value is -3.53. The number of carbonyl (C=O) groups excluding carboxylic acids is 1. The molecule has 4 aromatic carbocycles. The molecule has 4 aromatic rings. The molecular formula is C23H14BNO2. The van der Waals surface area contributed by atoms with Gasteiger partial charge < -0.3 is 4.74 Å². The van der Waals surface area contributed by atoms with Crippen LogP contribution in [0, 0.1) is 0 Å². The highest BCUT2D eigenvalue weighted by Gasteiger charge is 2.41. The number of nitrogens with zero attached hydrogens (tertiary/aromatic N) is 1. The molecule has 0 aliphatic carbocycles. The minimum atomic E-state index is -1.68. The quantitative estimate of drug-likeness (QED) is 0.487. The molecule has 2 aliphatic rings. The Morgan fingerprint density at radius 1 is 0.815 bits per heavy atom. The summed E-state index contributed by atoms with van der Waals surface area (Å²) >= 11 is 0. The highest BCUT2D eigenvalue weighted by atomic mass is 16.6. The van der Waals surface area contributed by atoms with Crippen LogP contribution < -0.4 is 26.0 Å². The van der Waals surface area contributed by atoms with Crippen molar-refractivity contribution >= 4 is 51.3 Å². The van der Waals surface area contributed by atoms with Crippen LogP contribution in [0.1, 0.15) is 19.2 Å². The molecule has 126 valence electrons. The highest BCUT2D eigenvalue weighted by molar-refractivity contribution is 6.98. The third kappa shape index (κ3) is 1.90. The molecule has 0 bridgehead atoms. The van der Waals surface area contributed by atoms with E-state index in [1.807, 2.05) is 0 Å². The van der Waals surface area contributed by atoms with Gasteiger partial charge in [-0.15, -0.1) is 0 Å². The van der Waals surface area contributed by atoms with Gasteiger partial charge in [0.25, 0.3) is 0 Å². The lowest BCUT2D eigenvalue weighted by Crippen LogP contribution is -2.59. The van der Waals surface area contributed by atoms with Gasteiger partial charge in [-0.3, -0.25) is 0 Å². The second-order valence-electron chi connectivity index (χ2n) is 5.90. The van der Waals surface area contributed by atoms with Gasteiger partial charge in [0, 0.05) is 11.1 Å². The highest BCUT2D eigenvalue weighted by Crippen LogP contribution is 2.42. The standard InChI is InChI=1S/C23H14BNO2/c26-23-25-19-11-5-4-10-17(19)24(16-8-2-1-3-9-16)18-14-13-15-7-6-12-20(27-23)21(15)22(18)25/h1-14H/i1D,2D,3D,4D,5D,6D,7D,8D,9D,10D,11D,12D,13D,14D. The number of anilines is 2. The molecule has 0 N–H and O–H groups in total. The first-order valence-electron chi connectivity index (χ1n) is 14.9. The third-order valence-electron chi connectivity index (χ3n) is 4.55. The van der Waals surface area contributed by atoms with Crippen LogP contribution >= 0.6 is 0 Å². The molecule has 1 amide bonds. The van der Waals surface area contributed by atoms with Crippen molar-refractivity contribution in [1.29, 1.82) is 0 Å². The zero-order chi connectivity index (χ0) is 30.1. The summed E-state index contributed by atoms with van der Waals surface area (Å²) in [7, 11) is 0. The van der Waals surface area contributed by atoms with Crippen molar-refractivity contribution in [3.05, 3.63) is 84.6 Å². The van der Waals surface area contributed by atoms with E-state index in [-0.39, 0.29) is 27.4 Å². The molecular weight excluding hydrogens is 333 g/mol. The van der Waals surface area contributed by atoms with Crippen LogP contribution in [0.15, 0.2) is 84.6 Å². The molecule has 2 aliphatic heterocycles. The summed E-state index contributed by atoms with van der Waals surface area (Å²) in [5.74, 6) is -0.504. The van der Waals surface area contributed by atoms with Crippen molar-refractivity contribution in [3.8, 4) is 5.75 Å². The molecule has 6 rings (SSSR count). The maximum Gasteiger partial charge on any atom is 0.424 e. The predicted molar refractivity (Wildman–Crippen MR) is 110 cm³/mol. The van der Waals surface area contributed by atoms with Crippen LogP contribution in [-0.4, -0.2) is 12.8 Å². The lowest BCUT2D eigenvalue weighted by Gasteiger charge is -2.38. The molecule has 0 aromatic heterocycles. The van der Waals surface area contributed by atoms with Crippen molar-refractivity contribution in [1.82, 2.24) is 0 Å². The van der Waals surface area contributed by atoms with Crippen molar-refractivity contribution in [2.45, 2.75) is 0 Å². The van der Waals surface area contributed by atoms with E-state index in [1.165, 1.54) is 0 Å². The molecule has 0 radical (unpaired) electrons. The average Bonchev–Trinajstić information content (AvgIpc) is 2.94. The maximum atomic E-state index is 13.5. The van der Waals surface area contributed by atoms with Gasteiger partial charge in [0.1, 0.15) is 5.75 Å². The van der Waals surface area contributed by atoms with E-state index in [4.69, 9.17) is 23.9 Å². The molecule has 0 unspecified atom stereocenters. The summed E-state index contributed by atoms with van der Waals surface area (Å²) in [5, 5.41) is -0.548. The van der Waals surface area contributed by atoms with E-state index in [0.29, 0.717) is 0 Å². The maximum absolute atomic E-state index is 13.5. The van der Waals surface area contributed by atoms with E-state index in [0.717, 1.165) is 4.90 Å². The molecule has 4 heteroatoms. The largest absolute Gasteiger partial charge is 0.424 e. The van der Waals surface area contributed by atoms with E-state index >= 15 is 0 Å². The first-order chi connectivity index (χ1) is 19.1. The number of amides is 1. The van der Waals surface area contributed by atoms with Gasteiger partial charge in [-0.05, 0) is 28.4 Å². The number of para-hydroxylation sites is 1. The van der Waals surface area contributed by atoms with Gasteiger partial charge in [-0.25, -0.2) is 9.69 Å². The smallest absolute Gasteiger partial charge is 0.409 e. The van der Waals surface area contributed by atoms with Crippen LogP contribution in [0.4, 0.5) is 16.2 Å². The van der Waals surface area contributed by atoms with Gasteiger partial charge in [-0.2, -0.15) is 0 Å². The molecule has 0 fully saturated rings. The van der Waals surface area contributed by atoms with Gasteiger partial charge in [0.05, 0.1) is 24.9 Å². The van der Waals surface area contributed by atoms with Crippen LogP contribution in [0.5, 0.6) is 5.75 Å². The SMILES string of the molecule is [2H]c1c([2H])c([2H])c(B2c3c([2H])c([2H])c([2H])c([2H])c3N3C(=O)Oc4c([2H])c([2H])c([2H])c5c([2H])c([2H])c2c3c45)c([2H])c1[2H]. The van der Waals surface area contributed by atoms with Crippen LogP contribution in [0.3, 0.4) is 0 Å². The Balaban J connectivity index is 1.96. The normalized spacial score (nSPS) is 21.4. The average molecular weight is 361 g/mol. The Kier molecular flexibility index (Phi) is 1.28. The minimum Gasteiger partial charge on any atom is -0.409 e. The molecule has 3 nitrogen and oxygen atoms in total.